The summed E-state index contributed by atoms with van der Waals surface area (Å²) in [6.07, 6.45) is 0.868. The number of nitrogens with one attached hydrogen (secondary N) is 1. The first kappa shape index (κ1) is 15.9. The van der Waals surface area contributed by atoms with Gasteiger partial charge in [-0.2, -0.15) is 0 Å². The maximum absolute atomic E-state index is 11.9. The predicted molar refractivity (Wildman–Crippen MR) is 95.1 cm³/mol. The van der Waals surface area contributed by atoms with Crippen molar-refractivity contribution in [3.63, 3.8) is 0 Å². The minimum Gasteiger partial charge on any atom is -0.478 e. The zero-order chi connectivity index (χ0) is 17.1. The number of benzene rings is 2. The lowest BCUT2D eigenvalue weighted by molar-refractivity contribution is -0.131. The molecule has 3 rings (SSSR count). The molecule has 0 spiro atoms. The van der Waals surface area contributed by atoms with Crippen molar-refractivity contribution < 1.29 is 14.7 Å². The number of carboxylic acid groups (broad SMARTS) is 1. The summed E-state index contributed by atoms with van der Waals surface area (Å²) in [7, 11) is 0. The SMILES string of the molecule is C/C(=C/C(=O)O)C(=O)Nc1nc(-c2ccc3ccccc3c2)cs1. The highest BCUT2D eigenvalue weighted by Crippen LogP contribution is 2.27. The van der Waals surface area contributed by atoms with Gasteiger partial charge in [-0.1, -0.05) is 36.4 Å². The van der Waals surface area contributed by atoms with Crippen molar-refractivity contribution in [3.05, 3.63) is 59.5 Å². The molecular weight excluding hydrogens is 324 g/mol. The van der Waals surface area contributed by atoms with E-state index in [9.17, 15) is 9.59 Å². The number of aliphatic carboxylic acids is 1. The van der Waals surface area contributed by atoms with Gasteiger partial charge in [0.25, 0.3) is 5.91 Å². The molecule has 0 bridgehead atoms. The van der Waals surface area contributed by atoms with Crippen molar-refractivity contribution in [1.82, 2.24) is 4.98 Å². The van der Waals surface area contributed by atoms with Crippen molar-refractivity contribution in [2.24, 2.45) is 0 Å². The van der Waals surface area contributed by atoms with Gasteiger partial charge < -0.3 is 5.11 Å². The first-order valence-corrected chi connectivity index (χ1v) is 8.08. The van der Waals surface area contributed by atoms with Gasteiger partial charge in [0.1, 0.15) is 0 Å². The lowest BCUT2D eigenvalue weighted by Gasteiger charge is -2.02. The number of nitrogens with zero attached hydrogens (tertiary/aromatic N) is 1. The van der Waals surface area contributed by atoms with Gasteiger partial charge in [-0.3, -0.25) is 10.1 Å². The molecule has 6 heteroatoms. The summed E-state index contributed by atoms with van der Waals surface area (Å²) in [5, 5.41) is 15.8. The highest BCUT2D eigenvalue weighted by atomic mass is 32.1. The van der Waals surface area contributed by atoms with Gasteiger partial charge in [-0.05, 0) is 23.8 Å². The molecule has 0 unspecified atom stereocenters. The topological polar surface area (TPSA) is 79.3 Å². The summed E-state index contributed by atoms with van der Waals surface area (Å²) in [5.41, 5.74) is 1.84. The number of anilines is 1. The average molecular weight is 338 g/mol. The van der Waals surface area contributed by atoms with Crippen molar-refractivity contribution in [2.75, 3.05) is 5.32 Å². The van der Waals surface area contributed by atoms with E-state index in [4.69, 9.17) is 5.11 Å². The third kappa shape index (κ3) is 3.49. The van der Waals surface area contributed by atoms with Crippen LogP contribution in [0.5, 0.6) is 0 Å². The largest absolute Gasteiger partial charge is 0.478 e. The van der Waals surface area contributed by atoms with Crippen molar-refractivity contribution in [2.45, 2.75) is 6.92 Å². The zero-order valence-electron chi connectivity index (χ0n) is 12.8. The standard InChI is InChI=1S/C18H14N2O3S/c1-11(8-16(21)22)17(23)20-18-19-15(10-24-18)14-7-6-12-4-2-3-5-13(12)9-14/h2-10H,1H3,(H,21,22)(H,19,20,23)/b11-8-. The zero-order valence-corrected chi connectivity index (χ0v) is 13.6. The van der Waals surface area contributed by atoms with Crippen LogP contribution in [0.4, 0.5) is 5.13 Å². The number of rotatable bonds is 4. The molecule has 2 N–H and O–H groups in total. The highest BCUT2D eigenvalue weighted by molar-refractivity contribution is 7.14. The Balaban J connectivity index is 1.82. The highest BCUT2D eigenvalue weighted by Gasteiger charge is 2.10. The number of amides is 1. The number of fused-ring (bicyclic) bond motifs is 1. The Morgan fingerprint density at radius 1 is 1.17 bits per heavy atom. The van der Waals surface area contributed by atoms with Crippen LogP contribution in [0.25, 0.3) is 22.0 Å². The molecule has 0 aliphatic heterocycles. The molecule has 120 valence electrons. The number of carbonyl (C=O) groups excluding carboxylic acids is 1. The molecule has 24 heavy (non-hydrogen) atoms. The van der Waals surface area contributed by atoms with Gasteiger partial charge in [0.15, 0.2) is 5.13 Å². The van der Waals surface area contributed by atoms with E-state index in [1.807, 2.05) is 47.8 Å². The number of thiazole rings is 1. The quantitative estimate of drug-likeness (QED) is 0.706. The van der Waals surface area contributed by atoms with Gasteiger partial charge in [0, 0.05) is 22.6 Å². The first-order chi connectivity index (χ1) is 11.5. The Morgan fingerprint density at radius 2 is 1.92 bits per heavy atom. The molecule has 0 aliphatic rings. The average Bonchev–Trinajstić information content (AvgIpc) is 3.02. The predicted octanol–water partition coefficient (Wildman–Crippen LogP) is 3.93. The summed E-state index contributed by atoms with van der Waals surface area (Å²) >= 11 is 1.30. The lowest BCUT2D eigenvalue weighted by Crippen LogP contribution is -2.13. The molecule has 0 radical (unpaired) electrons. The molecule has 3 aromatic rings. The van der Waals surface area contributed by atoms with E-state index in [2.05, 4.69) is 10.3 Å². The number of hydrogen-bond donors (Lipinski definition) is 2. The van der Waals surface area contributed by atoms with Crippen LogP contribution in [0, 0.1) is 0 Å². The molecule has 0 fully saturated rings. The third-order valence-corrected chi connectivity index (χ3v) is 4.23. The molecule has 1 heterocycles. The van der Waals surface area contributed by atoms with Crippen LogP contribution in [-0.2, 0) is 9.59 Å². The number of carbonyl (C=O) groups is 2. The molecular formula is C18H14N2O3S. The van der Waals surface area contributed by atoms with Crippen molar-refractivity contribution in [3.8, 4) is 11.3 Å². The van der Waals surface area contributed by atoms with Crippen LogP contribution in [-0.4, -0.2) is 22.0 Å². The number of hydrogen-bond acceptors (Lipinski definition) is 4. The summed E-state index contributed by atoms with van der Waals surface area (Å²) in [6, 6.07) is 14.1. The second-order valence-corrected chi connectivity index (χ2v) is 6.08. The Bertz CT molecular complexity index is 960. The Morgan fingerprint density at radius 3 is 2.67 bits per heavy atom. The van der Waals surface area contributed by atoms with Crippen LogP contribution >= 0.6 is 11.3 Å². The fraction of sp³-hybridized carbons (Fsp3) is 0.0556. The molecule has 1 amide bonds. The normalized spacial score (nSPS) is 11.5. The van der Waals surface area contributed by atoms with E-state index < -0.39 is 11.9 Å². The minimum atomic E-state index is -1.15. The number of aromatic nitrogens is 1. The van der Waals surface area contributed by atoms with E-state index in [1.165, 1.54) is 18.3 Å². The molecule has 2 aromatic carbocycles. The van der Waals surface area contributed by atoms with E-state index in [0.29, 0.717) is 5.13 Å². The van der Waals surface area contributed by atoms with E-state index in [0.717, 1.165) is 28.1 Å². The van der Waals surface area contributed by atoms with Crippen LogP contribution in [0.15, 0.2) is 59.5 Å². The van der Waals surface area contributed by atoms with Crippen molar-refractivity contribution >= 4 is 39.1 Å². The van der Waals surface area contributed by atoms with Crippen LogP contribution < -0.4 is 5.32 Å². The van der Waals surface area contributed by atoms with Gasteiger partial charge in [0.05, 0.1) is 5.69 Å². The van der Waals surface area contributed by atoms with Crippen LogP contribution in [0.3, 0.4) is 0 Å². The fourth-order valence-electron chi connectivity index (χ4n) is 2.26. The molecule has 1 aromatic heterocycles. The van der Waals surface area contributed by atoms with E-state index >= 15 is 0 Å². The van der Waals surface area contributed by atoms with E-state index in [-0.39, 0.29) is 5.57 Å². The van der Waals surface area contributed by atoms with Crippen LogP contribution in [0.1, 0.15) is 6.92 Å². The summed E-state index contributed by atoms with van der Waals surface area (Å²) < 4.78 is 0. The lowest BCUT2D eigenvalue weighted by atomic mass is 10.1. The summed E-state index contributed by atoms with van der Waals surface area (Å²) in [4.78, 5) is 26.9. The second-order valence-electron chi connectivity index (χ2n) is 5.22. The number of carboxylic acids is 1. The van der Waals surface area contributed by atoms with Gasteiger partial charge in [0.2, 0.25) is 0 Å². The fourth-order valence-corrected chi connectivity index (χ4v) is 2.97. The molecule has 0 atom stereocenters. The second kappa shape index (κ2) is 6.64. The molecule has 5 nitrogen and oxygen atoms in total. The minimum absolute atomic E-state index is 0.116. The molecule has 0 saturated heterocycles. The molecule has 0 saturated carbocycles. The molecule has 0 aliphatic carbocycles. The van der Waals surface area contributed by atoms with Gasteiger partial charge in [-0.25, -0.2) is 9.78 Å². The summed E-state index contributed by atoms with van der Waals surface area (Å²) in [6.45, 7) is 1.45. The van der Waals surface area contributed by atoms with Crippen molar-refractivity contribution in [1.29, 1.82) is 0 Å². The van der Waals surface area contributed by atoms with E-state index in [1.54, 1.807) is 0 Å². The smallest absolute Gasteiger partial charge is 0.328 e. The monoisotopic (exact) mass is 338 g/mol. The van der Waals surface area contributed by atoms with Gasteiger partial charge in [-0.15, -0.1) is 11.3 Å². The first-order valence-electron chi connectivity index (χ1n) is 7.20. The Labute approximate surface area is 142 Å². The Kier molecular flexibility index (Phi) is 4.39. The Hall–Kier alpha value is -2.99. The van der Waals surface area contributed by atoms with Gasteiger partial charge >= 0.3 is 5.97 Å². The summed E-state index contributed by atoms with van der Waals surface area (Å²) in [5.74, 6) is -1.63. The third-order valence-electron chi connectivity index (χ3n) is 3.47. The maximum atomic E-state index is 11.9. The van der Waals surface area contributed by atoms with Crippen LogP contribution in [0.2, 0.25) is 0 Å². The maximum Gasteiger partial charge on any atom is 0.328 e.